The molecule has 0 radical (unpaired) electrons. The van der Waals surface area contributed by atoms with Gasteiger partial charge >= 0.3 is 6.03 Å². The number of nitrogens with zero attached hydrogens (tertiary/aromatic N) is 3. The minimum absolute atomic E-state index is 0.0636. The fraction of sp³-hybridized carbons (Fsp3) is 0.474. The van der Waals surface area contributed by atoms with E-state index in [1.165, 1.54) is 19.3 Å². The van der Waals surface area contributed by atoms with E-state index in [0.717, 1.165) is 30.6 Å². The van der Waals surface area contributed by atoms with Gasteiger partial charge in [-0.1, -0.05) is 24.4 Å². The highest BCUT2D eigenvalue weighted by Gasteiger charge is 2.37. The van der Waals surface area contributed by atoms with Crippen LogP contribution < -0.4 is 5.32 Å². The Hall–Kier alpha value is -2.01. The Kier molecular flexibility index (Phi) is 4.66. The molecule has 2 heterocycles. The van der Waals surface area contributed by atoms with Gasteiger partial charge in [0.1, 0.15) is 0 Å². The van der Waals surface area contributed by atoms with Crippen molar-refractivity contribution in [3.8, 4) is 5.69 Å². The van der Waals surface area contributed by atoms with Crippen LogP contribution in [-0.2, 0) is 6.54 Å². The fourth-order valence-corrected chi connectivity index (χ4v) is 4.25. The zero-order valence-electron chi connectivity index (χ0n) is 14.2. The Morgan fingerprint density at radius 3 is 2.84 bits per heavy atom. The zero-order chi connectivity index (χ0) is 17.2. The summed E-state index contributed by atoms with van der Waals surface area (Å²) in [6.07, 6.45) is 9.90. The normalized spacial score (nSPS) is 22.7. The first-order chi connectivity index (χ1) is 12.2. The van der Waals surface area contributed by atoms with Gasteiger partial charge in [-0.15, -0.1) is 0 Å². The number of amides is 2. The molecule has 1 aliphatic carbocycles. The van der Waals surface area contributed by atoms with Crippen LogP contribution in [0.1, 0.15) is 37.7 Å². The lowest BCUT2D eigenvalue weighted by Crippen LogP contribution is -2.44. The Morgan fingerprint density at radius 1 is 1.20 bits per heavy atom. The average molecular weight is 359 g/mol. The smallest absolute Gasteiger partial charge is 0.317 e. The standard InChI is InChI=1S/C19H23ClN4O/c20-16-5-7-17(8-6-16)24-13-14(12-22-24)11-21-19(25)23-10-9-15-3-1-2-4-18(15)23/h5-8,12-13,15,18H,1-4,9-11H2,(H,21,25). The van der Waals surface area contributed by atoms with E-state index >= 15 is 0 Å². The second-order valence-electron chi connectivity index (χ2n) is 7.02. The summed E-state index contributed by atoms with van der Waals surface area (Å²) in [4.78, 5) is 14.6. The number of nitrogens with one attached hydrogen (secondary N) is 1. The Balaban J connectivity index is 1.35. The maximum Gasteiger partial charge on any atom is 0.317 e. The summed E-state index contributed by atoms with van der Waals surface area (Å²) in [5.41, 5.74) is 1.94. The van der Waals surface area contributed by atoms with Crippen molar-refractivity contribution in [1.82, 2.24) is 20.0 Å². The lowest BCUT2D eigenvalue weighted by molar-refractivity contribution is 0.169. The van der Waals surface area contributed by atoms with Crippen LogP contribution in [0.25, 0.3) is 5.69 Å². The van der Waals surface area contributed by atoms with Crippen LogP contribution in [0.15, 0.2) is 36.7 Å². The maximum atomic E-state index is 12.6. The van der Waals surface area contributed by atoms with Crippen LogP contribution in [0.2, 0.25) is 5.02 Å². The highest BCUT2D eigenvalue weighted by molar-refractivity contribution is 6.30. The summed E-state index contributed by atoms with van der Waals surface area (Å²) in [7, 11) is 0. The first kappa shape index (κ1) is 16.5. The number of urea groups is 1. The molecule has 2 aromatic rings. The number of fused-ring (bicyclic) bond motifs is 1. The van der Waals surface area contributed by atoms with Gasteiger partial charge in [-0.3, -0.25) is 0 Å². The summed E-state index contributed by atoms with van der Waals surface area (Å²) >= 11 is 5.92. The second kappa shape index (κ2) is 7.08. The minimum Gasteiger partial charge on any atom is -0.334 e. The van der Waals surface area contributed by atoms with E-state index in [0.29, 0.717) is 23.5 Å². The zero-order valence-corrected chi connectivity index (χ0v) is 15.0. The summed E-state index contributed by atoms with van der Waals surface area (Å²) in [6.45, 7) is 1.39. The Morgan fingerprint density at radius 2 is 2.00 bits per heavy atom. The summed E-state index contributed by atoms with van der Waals surface area (Å²) in [6, 6.07) is 8.04. The van der Waals surface area contributed by atoms with Crippen LogP contribution >= 0.6 is 11.6 Å². The quantitative estimate of drug-likeness (QED) is 0.901. The molecule has 2 unspecified atom stereocenters. The van der Waals surface area contributed by atoms with Crippen LogP contribution in [-0.4, -0.2) is 33.3 Å². The average Bonchev–Trinajstić information content (AvgIpc) is 3.27. The van der Waals surface area contributed by atoms with Crippen LogP contribution in [0.5, 0.6) is 0 Å². The van der Waals surface area contributed by atoms with Gasteiger partial charge in [0.2, 0.25) is 0 Å². The topological polar surface area (TPSA) is 50.2 Å². The molecule has 0 bridgehead atoms. The number of aromatic nitrogens is 2. The van der Waals surface area contributed by atoms with E-state index in [-0.39, 0.29) is 6.03 Å². The first-order valence-corrected chi connectivity index (χ1v) is 9.42. The monoisotopic (exact) mass is 358 g/mol. The molecule has 2 atom stereocenters. The highest BCUT2D eigenvalue weighted by Crippen LogP contribution is 2.36. The molecule has 1 aliphatic heterocycles. The number of carbonyl (C=O) groups is 1. The second-order valence-corrected chi connectivity index (χ2v) is 7.46. The molecule has 25 heavy (non-hydrogen) atoms. The van der Waals surface area contributed by atoms with Crippen molar-refractivity contribution in [3.05, 3.63) is 47.2 Å². The van der Waals surface area contributed by atoms with Gasteiger partial charge in [0.25, 0.3) is 0 Å². The molecule has 1 aromatic heterocycles. The first-order valence-electron chi connectivity index (χ1n) is 9.05. The summed E-state index contributed by atoms with van der Waals surface area (Å²) in [5.74, 6) is 0.715. The number of halogens is 1. The van der Waals surface area contributed by atoms with E-state index in [1.54, 1.807) is 10.9 Å². The van der Waals surface area contributed by atoms with Crippen molar-refractivity contribution in [2.24, 2.45) is 5.92 Å². The number of benzene rings is 1. The molecule has 2 fully saturated rings. The Bertz CT molecular complexity index is 742. The largest absolute Gasteiger partial charge is 0.334 e. The molecular formula is C19H23ClN4O. The number of carbonyl (C=O) groups excluding carboxylic acids is 1. The SMILES string of the molecule is O=C(NCc1cnn(-c2ccc(Cl)cc2)c1)N1CCC2CCCCC21. The van der Waals surface area contributed by atoms with Crippen LogP contribution in [0.3, 0.4) is 0 Å². The van der Waals surface area contributed by atoms with Crippen LogP contribution in [0.4, 0.5) is 4.79 Å². The minimum atomic E-state index is 0.0636. The third-order valence-corrected chi connectivity index (χ3v) is 5.69. The van der Waals surface area contributed by atoms with E-state index in [4.69, 9.17) is 11.6 Å². The Labute approximate surface area is 153 Å². The number of hydrogen-bond donors (Lipinski definition) is 1. The van der Waals surface area contributed by atoms with E-state index in [2.05, 4.69) is 10.4 Å². The van der Waals surface area contributed by atoms with Crippen molar-refractivity contribution in [3.63, 3.8) is 0 Å². The molecule has 1 aromatic carbocycles. The predicted molar refractivity (Wildman–Crippen MR) is 97.9 cm³/mol. The van der Waals surface area contributed by atoms with Gasteiger partial charge in [-0.2, -0.15) is 5.10 Å². The number of rotatable bonds is 3. The van der Waals surface area contributed by atoms with Crippen molar-refractivity contribution >= 4 is 17.6 Å². The van der Waals surface area contributed by atoms with Crippen molar-refractivity contribution < 1.29 is 4.79 Å². The van der Waals surface area contributed by atoms with E-state index < -0.39 is 0 Å². The van der Waals surface area contributed by atoms with Gasteiger partial charge in [-0.25, -0.2) is 9.48 Å². The summed E-state index contributed by atoms with van der Waals surface area (Å²) < 4.78 is 1.80. The van der Waals surface area contributed by atoms with Crippen LogP contribution in [0, 0.1) is 5.92 Å². The molecule has 1 N–H and O–H groups in total. The van der Waals surface area contributed by atoms with Crippen molar-refractivity contribution in [2.45, 2.75) is 44.7 Å². The predicted octanol–water partition coefficient (Wildman–Crippen LogP) is 4.00. The van der Waals surface area contributed by atoms with Crippen molar-refractivity contribution in [2.75, 3.05) is 6.54 Å². The number of likely N-dealkylation sites (tertiary alicyclic amines) is 1. The van der Waals surface area contributed by atoms with E-state index in [9.17, 15) is 4.79 Å². The lowest BCUT2D eigenvalue weighted by Gasteiger charge is -2.31. The van der Waals surface area contributed by atoms with E-state index in [1.807, 2.05) is 35.4 Å². The van der Waals surface area contributed by atoms with Gasteiger partial charge < -0.3 is 10.2 Å². The molecule has 6 heteroatoms. The van der Waals surface area contributed by atoms with Gasteiger partial charge in [-0.05, 0) is 49.4 Å². The molecule has 4 rings (SSSR count). The molecule has 5 nitrogen and oxygen atoms in total. The maximum absolute atomic E-state index is 12.6. The molecule has 2 amide bonds. The fourth-order valence-electron chi connectivity index (χ4n) is 4.12. The third-order valence-electron chi connectivity index (χ3n) is 5.44. The van der Waals surface area contributed by atoms with Gasteiger partial charge in [0.15, 0.2) is 0 Å². The van der Waals surface area contributed by atoms with Gasteiger partial charge in [0, 0.05) is 35.9 Å². The van der Waals surface area contributed by atoms with Gasteiger partial charge in [0.05, 0.1) is 11.9 Å². The molecule has 0 spiro atoms. The lowest BCUT2D eigenvalue weighted by atomic mass is 9.85. The molecular weight excluding hydrogens is 336 g/mol. The van der Waals surface area contributed by atoms with Crippen molar-refractivity contribution in [1.29, 1.82) is 0 Å². The molecule has 2 aliphatic rings. The molecule has 1 saturated carbocycles. The molecule has 132 valence electrons. The molecule has 1 saturated heterocycles. The highest BCUT2D eigenvalue weighted by atomic mass is 35.5. The number of hydrogen-bond acceptors (Lipinski definition) is 2. The third kappa shape index (κ3) is 3.52. The summed E-state index contributed by atoms with van der Waals surface area (Å²) in [5, 5.41) is 8.13.